The zero-order chi connectivity index (χ0) is 14.5. The Kier molecular flexibility index (Phi) is 5.51. The van der Waals surface area contributed by atoms with Crippen LogP contribution in [0.25, 0.3) is 0 Å². The molecule has 0 bridgehead atoms. The SMILES string of the molecule is CCNCc1cc(F)cnc1N(C)Cc1cc(Br)cs1. The van der Waals surface area contributed by atoms with Gasteiger partial charge in [0.05, 0.1) is 12.7 Å². The van der Waals surface area contributed by atoms with Gasteiger partial charge < -0.3 is 10.2 Å². The second kappa shape index (κ2) is 7.15. The van der Waals surface area contributed by atoms with Crippen LogP contribution in [0.2, 0.25) is 0 Å². The van der Waals surface area contributed by atoms with Gasteiger partial charge >= 0.3 is 0 Å². The van der Waals surface area contributed by atoms with Gasteiger partial charge in [0.2, 0.25) is 0 Å². The number of thiophene rings is 1. The van der Waals surface area contributed by atoms with E-state index in [1.807, 2.05) is 18.9 Å². The van der Waals surface area contributed by atoms with Crippen LogP contribution in [0.3, 0.4) is 0 Å². The predicted molar refractivity (Wildman–Crippen MR) is 85.7 cm³/mol. The summed E-state index contributed by atoms with van der Waals surface area (Å²) >= 11 is 5.15. The van der Waals surface area contributed by atoms with Gasteiger partial charge in [-0.15, -0.1) is 11.3 Å². The molecule has 3 nitrogen and oxygen atoms in total. The predicted octanol–water partition coefficient (Wildman–Crippen LogP) is 3.79. The Morgan fingerprint density at radius 2 is 2.25 bits per heavy atom. The minimum Gasteiger partial charge on any atom is -0.354 e. The maximum absolute atomic E-state index is 13.4. The van der Waals surface area contributed by atoms with E-state index in [1.165, 1.54) is 11.1 Å². The van der Waals surface area contributed by atoms with Gasteiger partial charge in [-0.05, 0) is 34.6 Å². The molecule has 2 aromatic rings. The molecule has 0 aliphatic heterocycles. The molecule has 0 radical (unpaired) electrons. The molecule has 2 heterocycles. The number of halogens is 2. The van der Waals surface area contributed by atoms with E-state index in [-0.39, 0.29) is 5.82 Å². The molecule has 2 aromatic heterocycles. The lowest BCUT2D eigenvalue weighted by Gasteiger charge is -2.20. The van der Waals surface area contributed by atoms with Gasteiger partial charge in [0, 0.05) is 33.9 Å². The Bertz CT molecular complexity index is 573. The summed E-state index contributed by atoms with van der Waals surface area (Å²) < 4.78 is 14.4. The first-order valence-electron chi connectivity index (χ1n) is 6.39. The van der Waals surface area contributed by atoms with Crippen molar-refractivity contribution in [2.24, 2.45) is 0 Å². The lowest BCUT2D eigenvalue weighted by Crippen LogP contribution is -2.21. The van der Waals surface area contributed by atoms with E-state index in [0.717, 1.165) is 28.9 Å². The minimum absolute atomic E-state index is 0.297. The van der Waals surface area contributed by atoms with Crippen LogP contribution >= 0.6 is 27.3 Å². The van der Waals surface area contributed by atoms with Crippen molar-refractivity contribution in [1.29, 1.82) is 0 Å². The van der Waals surface area contributed by atoms with Crippen LogP contribution in [0.5, 0.6) is 0 Å². The van der Waals surface area contributed by atoms with Gasteiger partial charge in [0.1, 0.15) is 11.6 Å². The first kappa shape index (κ1) is 15.4. The lowest BCUT2D eigenvalue weighted by atomic mass is 10.2. The monoisotopic (exact) mass is 357 g/mol. The number of anilines is 1. The highest BCUT2D eigenvalue weighted by atomic mass is 79.9. The normalized spacial score (nSPS) is 10.8. The average molecular weight is 358 g/mol. The highest BCUT2D eigenvalue weighted by Gasteiger charge is 2.11. The average Bonchev–Trinajstić information content (AvgIpc) is 2.81. The van der Waals surface area contributed by atoms with Crippen LogP contribution in [0, 0.1) is 5.82 Å². The smallest absolute Gasteiger partial charge is 0.141 e. The first-order valence-corrected chi connectivity index (χ1v) is 8.06. The number of nitrogens with one attached hydrogen (secondary N) is 1. The Balaban J connectivity index is 2.17. The minimum atomic E-state index is -0.297. The number of pyridine rings is 1. The molecule has 0 fully saturated rings. The van der Waals surface area contributed by atoms with E-state index in [4.69, 9.17) is 0 Å². The molecule has 0 saturated heterocycles. The second-order valence-electron chi connectivity index (χ2n) is 4.50. The molecule has 1 N–H and O–H groups in total. The molecule has 2 rings (SSSR count). The summed E-state index contributed by atoms with van der Waals surface area (Å²) in [6.45, 7) is 4.25. The van der Waals surface area contributed by atoms with Crippen LogP contribution < -0.4 is 10.2 Å². The molecular weight excluding hydrogens is 341 g/mol. The van der Waals surface area contributed by atoms with Crippen LogP contribution in [0.4, 0.5) is 10.2 Å². The highest BCUT2D eigenvalue weighted by Crippen LogP contribution is 2.24. The number of hydrogen-bond acceptors (Lipinski definition) is 4. The molecule has 6 heteroatoms. The Hall–Kier alpha value is -0.980. The molecule has 0 aliphatic carbocycles. The highest BCUT2D eigenvalue weighted by molar-refractivity contribution is 9.10. The van der Waals surface area contributed by atoms with Crippen molar-refractivity contribution in [3.05, 3.63) is 44.4 Å². The molecule has 0 aromatic carbocycles. The second-order valence-corrected chi connectivity index (χ2v) is 6.42. The third kappa shape index (κ3) is 4.01. The van der Waals surface area contributed by atoms with Crippen LogP contribution in [0.15, 0.2) is 28.2 Å². The summed E-state index contributed by atoms with van der Waals surface area (Å²) in [7, 11) is 1.98. The summed E-state index contributed by atoms with van der Waals surface area (Å²) in [6, 6.07) is 3.64. The largest absolute Gasteiger partial charge is 0.354 e. The molecule has 0 saturated carbocycles. The van der Waals surface area contributed by atoms with Gasteiger partial charge in [0.25, 0.3) is 0 Å². The zero-order valence-electron chi connectivity index (χ0n) is 11.5. The van der Waals surface area contributed by atoms with Crippen molar-refractivity contribution in [2.45, 2.75) is 20.0 Å². The lowest BCUT2D eigenvalue weighted by molar-refractivity contribution is 0.613. The number of aromatic nitrogens is 1. The summed E-state index contributed by atoms with van der Waals surface area (Å²) in [6.07, 6.45) is 1.27. The van der Waals surface area contributed by atoms with E-state index >= 15 is 0 Å². The fourth-order valence-electron chi connectivity index (χ4n) is 1.95. The molecule has 0 atom stereocenters. The molecule has 0 spiro atoms. The van der Waals surface area contributed by atoms with Crippen molar-refractivity contribution in [3.8, 4) is 0 Å². The van der Waals surface area contributed by atoms with Crippen LogP contribution in [0.1, 0.15) is 17.4 Å². The third-order valence-electron chi connectivity index (χ3n) is 2.85. The molecule has 108 valence electrons. The number of rotatable bonds is 6. The van der Waals surface area contributed by atoms with E-state index < -0.39 is 0 Å². The van der Waals surface area contributed by atoms with E-state index in [2.05, 4.69) is 37.7 Å². The maximum Gasteiger partial charge on any atom is 0.141 e. The molecule has 0 unspecified atom stereocenters. The topological polar surface area (TPSA) is 28.2 Å². The van der Waals surface area contributed by atoms with Crippen molar-refractivity contribution < 1.29 is 4.39 Å². The summed E-state index contributed by atoms with van der Waals surface area (Å²) in [5.41, 5.74) is 0.880. The molecule has 0 aliphatic rings. The fraction of sp³-hybridized carbons (Fsp3) is 0.357. The van der Waals surface area contributed by atoms with E-state index in [9.17, 15) is 4.39 Å². The van der Waals surface area contributed by atoms with Crippen LogP contribution in [-0.4, -0.2) is 18.6 Å². The number of hydrogen-bond donors (Lipinski definition) is 1. The van der Waals surface area contributed by atoms with Crippen molar-refractivity contribution >= 4 is 33.1 Å². The molecular formula is C14H17BrFN3S. The number of nitrogens with zero attached hydrogens (tertiary/aromatic N) is 2. The van der Waals surface area contributed by atoms with Crippen molar-refractivity contribution in [1.82, 2.24) is 10.3 Å². The third-order valence-corrected chi connectivity index (χ3v) is 4.53. The van der Waals surface area contributed by atoms with Gasteiger partial charge in [-0.3, -0.25) is 0 Å². The van der Waals surface area contributed by atoms with E-state index in [1.54, 1.807) is 17.4 Å². The maximum atomic E-state index is 13.4. The summed E-state index contributed by atoms with van der Waals surface area (Å²) in [5.74, 6) is 0.519. The quantitative estimate of drug-likeness (QED) is 0.852. The fourth-order valence-corrected chi connectivity index (χ4v) is 3.46. The Morgan fingerprint density at radius 3 is 2.90 bits per heavy atom. The van der Waals surface area contributed by atoms with Gasteiger partial charge in [-0.2, -0.15) is 0 Å². The molecule has 20 heavy (non-hydrogen) atoms. The van der Waals surface area contributed by atoms with Gasteiger partial charge in [-0.1, -0.05) is 6.92 Å². The van der Waals surface area contributed by atoms with Crippen LogP contribution in [-0.2, 0) is 13.1 Å². The molecule has 0 amide bonds. The van der Waals surface area contributed by atoms with E-state index in [0.29, 0.717) is 6.54 Å². The standard InChI is InChI=1S/C14H17BrFN3S/c1-3-17-6-10-4-12(16)7-18-14(10)19(2)8-13-5-11(15)9-20-13/h4-5,7,9,17H,3,6,8H2,1-2H3. The zero-order valence-corrected chi connectivity index (χ0v) is 13.9. The van der Waals surface area contributed by atoms with Crippen molar-refractivity contribution in [3.63, 3.8) is 0 Å². The summed E-state index contributed by atoms with van der Waals surface area (Å²) in [5, 5.41) is 5.27. The van der Waals surface area contributed by atoms with Crippen molar-refractivity contribution in [2.75, 3.05) is 18.5 Å². The van der Waals surface area contributed by atoms with Gasteiger partial charge in [-0.25, -0.2) is 9.37 Å². The Morgan fingerprint density at radius 1 is 1.45 bits per heavy atom. The first-order chi connectivity index (χ1) is 9.60. The Labute approximate surface area is 131 Å². The summed E-state index contributed by atoms with van der Waals surface area (Å²) in [4.78, 5) is 7.52. The van der Waals surface area contributed by atoms with Gasteiger partial charge in [0.15, 0.2) is 0 Å².